The fourth-order valence-corrected chi connectivity index (χ4v) is 3.52. The molecule has 0 fully saturated rings. The van der Waals surface area contributed by atoms with Crippen LogP contribution in [0.2, 0.25) is 0 Å². The van der Waals surface area contributed by atoms with E-state index in [-0.39, 0.29) is 5.82 Å². The van der Waals surface area contributed by atoms with Gasteiger partial charge in [-0.1, -0.05) is 0 Å². The second-order valence-electron chi connectivity index (χ2n) is 6.20. The van der Waals surface area contributed by atoms with Crippen molar-refractivity contribution in [1.29, 1.82) is 0 Å². The molecule has 0 aliphatic carbocycles. The molecule has 2 heterocycles. The molecule has 0 amide bonds. The molecule has 2 N–H and O–H groups in total. The Hall–Kier alpha value is -2.41. The maximum Gasteiger partial charge on any atom is 0.194 e. The Labute approximate surface area is 157 Å². The summed E-state index contributed by atoms with van der Waals surface area (Å²) >= 11 is 1.66. The zero-order chi connectivity index (χ0) is 18.5. The van der Waals surface area contributed by atoms with Crippen molar-refractivity contribution in [2.75, 3.05) is 20.1 Å². The van der Waals surface area contributed by atoms with E-state index in [0.29, 0.717) is 6.54 Å². The van der Waals surface area contributed by atoms with Gasteiger partial charge in [-0.15, -0.1) is 11.3 Å². The lowest BCUT2D eigenvalue weighted by atomic mass is 10.1. The average Bonchev–Trinajstić information content (AvgIpc) is 3.20. The van der Waals surface area contributed by atoms with Crippen LogP contribution < -0.4 is 5.32 Å². The number of guanidine groups is 1. The Bertz CT molecular complexity index is 898. The molecule has 0 spiro atoms. The number of hydrogen-bond acceptors (Lipinski definition) is 3. The molecule has 0 bridgehead atoms. The summed E-state index contributed by atoms with van der Waals surface area (Å²) in [7, 11) is 2.02. The van der Waals surface area contributed by atoms with E-state index in [4.69, 9.17) is 4.99 Å². The van der Waals surface area contributed by atoms with Gasteiger partial charge in [0.1, 0.15) is 5.82 Å². The van der Waals surface area contributed by atoms with Crippen molar-refractivity contribution in [3.8, 4) is 0 Å². The van der Waals surface area contributed by atoms with Gasteiger partial charge in [-0.25, -0.2) is 9.37 Å². The van der Waals surface area contributed by atoms with Gasteiger partial charge in [-0.2, -0.15) is 0 Å². The Kier molecular flexibility index (Phi) is 5.88. The third-order valence-electron chi connectivity index (χ3n) is 4.13. The number of thiazole rings is 1. The normalized spacial score (nSPS) is 11.9. The molecular formula is C19H24FN5S. The van der Waals surface area contributed by atoms with Crippen molar-refractivity contribution in [2.45, 2.75) is 26.8 Å². The van der Waals surface area contributed by atoms with Gasteiger partial charge in [-0.3, -0.25) is 4.99 Å². The first-order valence-electron chi connectivity index (χ1n) is 8.72. The molecule has 1 aromatic carbocycles. The van der Waals surface area contributed by atoms with Crippen LogP contribution in [0.3, 0.4) is 0 Å². The SMILES string of the molecule is CCNC(=NCCc1c[nH]c2cc(F)ccc12)N(C)Cc1csc(C)n1. The van der Waals surface area contributed by atoms with Crippen LogP contribution in [-0.4, -0.2) is 41.0 Å². The summed E-state index contributed by atoms with van der Waals surface area (Å²) in [6, 6.07) is 4.84. The number of aliphatic imine (C=N–C) groups is 1. The first-order valence-corrected chi connectivity index (χ1v) is 9.60. The average molecular weight is 374 g/mol. The molecule has 5 nitrogen and oxygen atoms in total. The second-order valence-corrected chi connectivity index (χ2v) is 7.27. The summed E-state index contributed by atoms with van der Waals surface area (Å²) in [5, 5.41) is 7.54. The van der Waals surface area contributed by atoms with Gasteiger partial charge in [0.15, 0.2) is 5.96 Å². The number of hydrogen-bond donors (Lipinski definition) is 2. The molecular weight excluding hydrogens is 349 g/mol. The van der Waals surface area contributed by atoms with E-state index in [9.17, 15) is 4.39 Å². The van der Waals surface area contributed by atoms with Crippen molar-refractivity contribution >= 4 is 28.2 Å². The minimum Gasteiger partial charge on any atom is -0.361 e. The summed E-state index contributed by atoms with van der Waals surface area (Å²) in [4.78, 5) is 14.5. The zero-order valence-electron chi connectivity index (χ0n) is 15.3. The number of aryl methyl sites for hydroxylation is 1. The molecule has 0 saturated carbocycles. The molecule has 7 heteroatoms. The molecule has 0 radical (unpaired) electrons. The maximum atomic E-state index is 13.3. The van der Waals surface area contributed by atoms with Crippen LogP contribution in [0.5, 0.6) is 0 Å². The number of rotatable bonds is 6. The van der Waals surface area contributed by atoms with Crippen LogP contribution in [0.25, 0.3) is 10.9 Å². The van der Waals surface area contributed by atoms with Crippen LogP contribution in [0.15, 0.2) is 34.8 Å². The summed E-state index contributed by atoms with van der Waals surface area (Å²) in [6.45, 7) is 6.27. The predicted octanol–water partition coefficient (Wildman–Crippen LogP) is 3.71. The molecule has 0 aliphatic heterocycles. The van der Waals surface area contributed by atoms with Gasteiger partial charge in [0.2, 0.25) is 0 Å². The van der Waals surface area contributed by atoms with E-state index in [1.165, 1.54) is 12.1 Å². The summed E-state index contributed by atoms with van der Waals surface area (Å²) in [6.07, 6.45) is 2.73. The quantitative estimate of drug-likeness (QED) is 0.512. The number of nitrogens with one attached hydrogen (secondary N) is 2. The van der Waals surface area contributed by atoms with E-state index < -0.39 is 0 Å². The second kappa shape index (κ2) is 8.31. The van der Waals surface area contributed by atoms with E-state index in [0.717, 1.165) is 52.6 Å². The lowest BCUT2D eigenvalue weighted by Gasteiger charge is -2.21. The van der Waals surface area contributed by atoms with Crippen molar-refractivity contribution in [1.82, 2.24) is 20.2 Å². The monoisotopic (exact) mass is 373 g/mol. The fraction of sp³-hybridized carbons (Fsp3) is 0.368. The lowest BCUT2D eigenvalue weighted by Crippen LogP contribution is -2.38. The van der Waals surface area contributed by atoms with E-state index in [2.05, 4.69) is 32.5 Å². The van der Waals surface area contributed by atoms with E-state index >= 15 is 0 Å². The first kappa shape index (κ1) is 18.4. The molecule has 138 valence electrons. The largest absolute Gasteiger partial charge is 0.361 e. The lowest BCUT2D eigenvalue weighted by molar-refractivity contribution is 0.471. The highest BCUT2D eigenvalue weighted by Gasteiger charge is 2.09. The highest BCUT2D eigenvalue weighted by atomic mass is 32.1. The topological polar surface area (TPSA) is 56.3 Å². The van der Waals surface area contributed by atoms with Crippen molar-refractivity contribution in [2.24, 2.45) is 4.99 Å². The van der Waals surface area contributed by atoms with Gasteiger partial charge in [0, 0.05) is 42.6 Å². The zero-order valence-corrected chi connectivity index (χ0v) is 16.2. The van der Waals surface area contributed by atoms with Gasteiger partial charge in [0.25, 0.3) is 0 Å². The Morgan fingerprint density at radius 1 is 1.42 bits per heavy atom. The smallest absolute Gasteiger partial charge is 0.194 e. The molecule has 0 saturated heterocycles. The molecule has 0 atom stereocenters. The number of fused-ring (bicyclic) bond motifs is 1. The van der Waals surface area contributed by atoms with Gasteiger partial charge >= 0.3 is 0 Å². The highest BCUT2D eigenvalue weighted by molar-refractivity contribution is 7.09. The van der Waals surface area contributed by atoms with Crippen molar-refractivity contribution in [3.05, 3.63) is 51.9 Å². The van der Waals surface area contributed by atoms with Gasteiger partial charge in [0.05, 0.1) is 17.2 Å². The summed E-state index contributed by atoms with van der Waals surface area (Å²) < 4.78 is 13.3. The predicted molar refractivity (Wildman–Crippen MR) is 106 cm³/mol. The standard InChI is InChI=1S/C19H24FN5S/c1-4-21-19(25(3)11-16-12-26-13(2)24-16)22-8-7-14-10-23-18-9-15(20)5-6-17(14)18/h5-6,9-10,12,23H,4,7-8,11H2,1-3H3,(H,21,22). The van der Waals surface area contributed by atoms with Crippen molar-refractivity contribution in [3.63, 3.8) is 0 Å². The Morgan fingerprint density at radius 3 is 3.00 bits per heavy atom. The van der Waals surface area contributed by atoms with Gasteiger partial charge in [-0.05, 0) is 44.0 Å². The Balaban J connectivity index is 1.66. The van der Waals surface area contributed by atoms with Crippen LogP contribution in [-0.2, 0) is 13.0 Å². The van der Waals surface area contributed by atoms with Crippen LogP contribution in [0, 0.1) is 12.7 Å². The number of H-pyrrole nitrogens is 1. The van der Waals surface area contributed by atoms with Crippen molar-refractivity contribution < 1.29 is 4.39 Å². The van der Waals surface area contributed by atoms with Crippen LogP contribution >= 0.6 is 11.3 Å². The highest BCUT2D eigenvalue weighted by Crippen LogP contribution is 2.19. The minimum atomic E-state index is -0.225. The molecule has 3 rings (SSSR count). The number of benzene rings is 1. The first-order chi connectivity index (χ1) is 12.6. The molecule has 26 heavy (non-hydrogen) atoms. The van der Waals surface area contributed by atoms with Crippen LogP contribution in [0.4, 0.5) is 4.39 Å². The number of nitrogens with zero attached hydrogens (tertiary/aromatic N) is 3. The van der Waals surface area contributed by atoms with Gasteiger partial charge < -0.3 is 15.2 Å². The third-order valence-corrected chi connectivity index (χ3v) is 4.96. The van der Waals surface area contributed by atoms with E-state index in [1.807, 2.05) is 26.2 Å². The molecule has 2 aromatic heterocycles. The van der Waals surface area contributed by atoms with Crippen LogP contribution in [0.1, 0.15) is 23.2 Å². The molecule has 0 aliphatic rings. The number of aromatic amines is 1. The maximum absolute atomic E-state index is 13.3. The minimum absolute atomic E-state index is 0.225. The Morgan fingerprint density at radius 2 is 2.27 bits per heavy atom. The molecule has 0 unspecified atom stereocenters. The summed E-state index contributed by atoms with van der Waals surface area (Å²) in [5.41, 5.74) is 3.03. The fourth-order valence-electron chi connectivity index (χ4n) is 2.92. The summed E-state index contributed by atoms with van der Waals surface area (Å²) in [5.74, 6) is 0.640. The van der Waals surface area contributed by atoms with E-state index in [1.54, 1.807) is 11.3 Å². The number of aromatic nitrogens is 2. The number of halogens is 1. The molecule has 3 aromatic rings. The third kappa shape index (κ3) is 4.40.